The number of carbonyl (C=O) groups excluding carboxylic acids is 1. The normalized spacial score (nSPS) is 14.2. The standard InChI is InChI=1S/C25H32ClF6NO5PSi2/c1-40(2)11-6-9-36-39(35,37-10-12-41(3,4)5)38-22-8-7-19(26)16-21(22)23(34)33-20-14-17(24(27,28)29)13-18(15-20)25(30,31)32/h7-8,13-16H,6,9-12H2,1-5H3,(H,33,34). The number of hydrogen-bond acceptors (Lipinski definition) is 5. The average molecular weight is 663 g/mol. The molecule has 0 spiro atoms. The van der Waals surface area contributed by atoms with E-state index in [1.54, 1.807) is 0 Å². The molecule has 2 aromatic carbocycles. The van der Waals surface area contributed by atoms with Gasteiger partial charge < -0.3 is 9.84 Å². The third kappa shape index (κ3) is 12.1. The van der Waals surface area contributed by atoms with Crippen molar-refractivity contribution in [1.29, 1.82) is 0 Å². The molecule has 0 saturated heterocycles. The van der Waals surface area contributed by atoms with Crippen LogP contribution in [0.4, 0.5) is 32.0 Å². The van der Waals surface area contributed by atoms with Gasteiger partial charge in [0.05, 0.1) is 29.9 Å². The maximum Gasteiger partial charge on any atom is 0.530 e. The number of halogens is 7. The molecule has 0 fully saturated rings. The minimum Gasteiger partial charge on any atom is -0.403 e. The number of phosphoric ester groups is 1. The number of phosphoric acid groups is 1. The quantitative estimate of drug-likeness (QED) is 0.100. The molecule has 1 radical (unpaired) electrons. The van der Waals surface area contributed by atoms with E-state index in [1.165, 1.54) is 12.1 Å². The number of anilines is 1. The van der Waals surface area contributed by atoms with Gasteiger partial charge in [0.1, 0.15) is 5.75 Å². The summed E-state index contributed by atoms with van der Waals surface area (Å²) in [6.07, 6.45) is -9.64. The molecule has 0 aliphatic heterocycles. The first kappa shape index (κ1) is 35.4. The van der Waals surface area contributed by atoms with Crippen LogP contribution in [0.15, 0.2) is 36.4 Å². The van der Waals surface area contributed by atoms with E-state index in [9.17, 15) is 35.7 Å². The molecule has 0 aromatic heterocycles. The van der Waals surface area contributed by atoms with E-state index < -0.39 is 65.3 Å². The Hall–Kier alpha value is -1.84. The van der Waals surface area contributed by atoms with Crippen molar-refractivity contribution < 1.29 is 49.3 Å². The van der Waals surface area contributed by atoms with Gasteiger partial charge in [-0.25, -0.2) is 4.57 Å². The Balaban J connectivity index is 2.40. The van der Waals surface area contributed by atoms with Crippen LogP contribution in [0.25, 0.3) is 0 Å². The van der Waals surface area contributed by atoms with Crippen molar-refractivity contribution in [2.75, 3.05) is 18.5 Å². The molecular formula is C25H32ClF6NO5PSi2. The molecule has 2 aromatic rings. The number of benzene rings is 2. The Bertz CT molecular complexity index is 1220. The number of nitrogens with one attached hydrogen (secondary N) is 1. The molecule has 0 aliphatic rings. The second-order valence-electron chi connectivity index (χ2n) is 10.7. The molecule has 1 unspecified atom stereocenters. The fraction of sp³-hybridized carbons (Fsp3) is 0.480. The maximum atomic E-state index is 13.6. The molecule has 1 N–H and O–H groups in total. The lowest BCUT2D eigenvalue weighted by atomic mass is 10.1. The highest BCUT2D eigenvalue weighted by molar-refractivity contribution is 7.48. The molecular weight excluding hydrogens is 631 g/mol. The van der Waals surface area contributed by atoms with Gasteiger partial charge in [0.15, 0.2) is 0 Å². The van der Waals surface area contributed by atoms with Gasteiger partial charge in [-0.05, 0) is 48.9 Å². The molecule has 0 bridgehead atoms. The molecule has 16 heteroatoms. The molecule has 229 valence electrons. The largest absolute Gasteiger partial charge is 0.530 e. The first-order chi connectivity index (χ1) is 18.7. The lowest BCUT2D eigenvalue weighted by Gasteiger charge is -2.22. The summed E-state index contributed by atoms with van der Waals surface area (Å²) in [7, 11) is -6.49. The summed E-state index contributed by atoms with van der Waals surface area (Å²) in [4.78, 5) is 13.1. The van der Waals surface area contributed by atoms with E-state index in [1.807, 2.05) is 5.32 Å². The molecule has 0 saturated carbocycles. The van der Waals surface area contributed by atoms with Crippen LogP contribution < -0.4 is 9.84 Å². The summed E-state index contributed by atoms with van der Waals surface area (Å²) in [5.41, 5.74) is -4.40. The van der Waals surface area contributed by atoms with Crippen LogP contribution in [-0.4, -0.2) is 36.0 Å². The van der Waals surface area contributed by atoms with Gasteiger partial charge in [0.2, 0.25) is 0 Å². The van der Waals surface area contributed by atoms with Crippen LogP contribution in [0.5, 0.6) is 5.75 Å². The van der Waals surface area contributed by atoms with Gasteiger partial charge in [0, 0.05) is 27.6 Å². The summed E-state index contributed by atoms with van der Waals surface area (Å²) < 4.78 is 110. The highest BCUT2D eigenvalue weighted by Crippen LogP contribution is 2.51. The third-order valence-corrected chi connectivity index (χ3v) is 10.1. The molecule has 41 heavy (non-hydrogen) atoms. The lowest BCUT2D eigenvalue weighted by Crippen LogP contribution is -2.22. The van der Waals surface area contributed by atoms with Crippen molar-refractivity contribution in [2.45, 2.75) is 63.6 Å². The van der Waals surface area contributed by atoms with E-state index in [0.29, 0.717) is 24.6 Å². The summed E-state index contributed by atoms with van der Waals surface area (Å²) >= 11 is 6.01. The van der Waals surface area contributed by atoms with Crippen LogP contribution in [0.1, 0.15) is 27.9 Å². The molecule has 2 rings (SSSR count). The van der Waals surface area contributed by atoms with Crippen molar-refractivity contribution in [2.24, 2.45) is 0 Å². The number of rotatable bonds is 13. The second kappa shape index (κ2) is 14.1. The fourth-order valence-corrected chi connectivity index (χ4v) is 6.42. The highest BCUT2D eigenvalue weighted by atomic mass is 35.5. The van der Waals surface area contributed by atoms with E-state index in [2.05, 4.69) is 32.7 Å². The minimum atomic E-state index is -5.11. The van der Waals surface area contributed by atoms with Crippen molar-refractivity contribution in [3.05, 3.63) is 58.1 Å². The van der Waals surface area contributed by atoms with E-state index in [0.717, 1.165) is 12.1 Å². The smallest absolute Gasteiger partial charge is 0.403 e. The van der Waals surface area contributed by atoms with Crippen molar-refractivity contribution in [3.8, 4) is 5.75 Å². The summed E-state index contributed by atoms with van der Waals surface area (Å²) in [5.74, 6) is -1.50. The van der Waals surface area contributed by atoms with Crippen molar-refractivity contribution in [3.63, 3.8) is 0 Å². The predicted octanol–water partition coefficient (Wildman–Crippen LogP) is 9.63. The Labute approximate surface area is 242 Å². The van der Waals surface area contributed by atoms with Gasteiger partial charge in [-0.3, -0.25) is 13.8 Å². The van der Waals surface area contributed by atoms with E-state index in [4.69, 9.17) is 25.2 Å². The first-order valence-electron chi connectivity index (χ1n) is 12.5. The van der Waals surface area contributed by atoms with Gasteiger partial charge in [-0.1, -0.05) is 50.4 Å². The zero-order chi connectivity index (χ0) is 31.2. The Morgan fingerprint density at radius 1 is 0.951 bits per heavy atom. The molecule has 0 aliphatic carbocycles. The number of alkyl halides is 6. The lowest BCUT2D eigenvalue weighted by molar-refractivity contribution is -0.143. The molecule has 0 heterocycles. The number of hydrogen-bond donors (Lipinski definition) is 1. The zero-order valence-corrected chi connectivity index (χ0v) is 26.8. The van der Waals surface area contributed by atoms with E-state index in [-0.39, 0.29) is 30.1 Å². The van der Waals surface area contributed by atoms with Crippen LogP contribution >= 0.6 is 19.4 Å². The average Bonchev–Trinajstić information content (AvgIpc) is 2.81. The van der Waals surface area contributed by atoms with Crippen molar-refractivity contribution in [1.82, 2.24) is 0 Å². The maximum absolute atomic E-state index is 13.6. The molecule has 6 nitrogen and oxygen atoms in total. The summed E-state index contributed by atoms with van der Waals surface area (Å²) in [5, 5.41) is 2.02. The van der Waals surface area contributed by atoms with Gasteiger partial charge in [0.25, 0.3) is 5.91 Å². The summed E-state index contributed by atoms with van der Waals surface area (Å²) in [6.45, 7) is 10.5. The zero-order valence-electron chi connectivity index (χ0n) is 23.1. The minimum absolute atomic E-state index is 0.00139. The van der Waals surface area contributed by atoms with Crippen LogP contribution in [0.3, 0.4) is 0 Å². The number of carbonyl (C=O) groups is 1. The van der Waals surface area contributed by atoms with Crippen LogP contribution in [0, 0.1) is 0 Å². The Morgan fingerprint density at radius 2 is 1.51 bits per heavy atom. The molecule has 1 amide bonds. The Kier molecular flexibility index (Phi) is 12.2. The highest BCUT2D eigenvalue weighted by Gasteiger charge is 2.37. The van der Waals surface area contributed by atoms with Gasteiger partial charge in [-0.15, -0.1) is 0 Å². The van der Waals surface area contributed by atoms with Crippen LogP contribution in [0.2, 0.25) is 49.8 Å². The fourth-order valence-electron chi connectivity index (χ4n) is 3.26. The topological polar surface area (TPSA) is 73.9 Å². The third-order valence-electron chi connectivity index (χ3n) is 5.41. The van der Waals surface area contributed by atoms with E-state index >= 15 is 0 Å². The summed E-state index contributed by atoms with van der Waals surface area (Å²) in [6, 6.07) is 5.70. The first-order valence-corrected chi connectivity index (χ1v) is 20.7. The molecule has 1 atom stereocenters. The predicted molar refractivity (Wildman–Crippen MR) is 151 cm³/mol. The van der Waals surface area contributed by atoms with Crippen molar-refractivity contribution >= 4 is 47.9 Å². The second-order valence-corrected chi connectivity index (χ2v) is 21.3. The van der Waals surface area contributed by atoms with Gasteiger partial charge >= 0.3 is 20.2 Å². The monoisotopic (exact) mass is 662 g/mol. The SMILES string of the molecule is C[Si](C)CCCOP(=O)(OCC[Si](C)(C)C)Oc1ccc(Cl)cc1C(=O)Nc1cc(C(F)(F)F)cc(C(F)(F)F)c1. The van der Waals surface area contributed by atoms with Gasteiger partial charge in [-0.2, -0.15) is 26.3 Å². The van der Waals surface area contributed by atoms with Crippen LogP contribution in [-0.2, 0) is 26.0 Å². The Morgan fingerprint density at radius 3 is 2.02 bits per heavy atom. The number of amides is 1.